The lowest BCUT2D eigenvalue weighted by Crippen LogP contribution is -2.48. The first-order valence-corrected chi connectivity index (χ1v) is 12.1. The minimum atomic E-state index is -0.167. The Kier molecular flexibility index (Phi) is 6.51. The normalized spacial score (nSPS) is 14.9. The van der Waals surface area contributed by atoms with Crippen molar-refractivity contribution in [3.05, 3.63) is 76.8 Å². The molecule has 0 aromatic heterocycles. The molecule has 2 aliphatic rings. The minimum Gasteiger partial charge on any atom is -0.493 e. The molecule has 0 atom stereocenters. The third-order valence-electron chi connectivity index (χ3n) is 6.41. The molecule has 2 amide bonds. The van der Waals surface area contributed by atoms with E-state index in [1.165, 1.54) is 0 Å². The van der Waals surface area contributed by atoms with Gasteiger partial charge in [0.2, 0.25) is 5.91 Å². The molecule has 35 heavy (non-hydrogen) atoms. The van der Waals surface area contributed by atoms with Gasteiger partial charge in [-0.15, -0.1) is 0 Å². The maximum atomic E-state index is 12.6. The Morgan fingerprint density at radius 3 is 2.43 bits per heavy atom. The van der Waals surface area contributed by atoms with E-state index in [9.17, 15) is 9.59 Å². The van der Waals surface area contributed by atoms with Gasteiger partial charge in [-0.3, -0.25) is 9.59 Å². The van der Waals surface area contributed by atoms with E-state index >= 15 is 0 Å². The van der Waals surface area contributed by atoms with Crippen LogP contribution in [-0.4, -0.2) is 49.5 Å². The van der Waals surface area contributed by atoms with Crippen LogP contribution >= 0.6 is 11.6 Å². The van der Waals surface area contributed by atoms with E-state index < -0.39 is 0 Å². The SMILES string of the molecule is CC(=O)N1CCN(c2ccc(OCCc3ccc4c(c3)NC(=O)c3ccc(Cl)cc3N4)cc2)CC1. The third kappa shape index (κ3) is 5.20. The number of amides is 2. The van der Waals surface area contributed by atoms with Crippen molar-refractivity contribution in [2.45, 2.75) is 13.3 Å². The number of anilines is 4. The number of hydrogen-bond acceptors (Lipinski definition) is 5. The van der Waals surface area contributed by atoms with Crippen LogP contribution in [0.25, 0.3) is 0 Å². The second kappa shape index (κ2) is 9.88. The van der Waals surface area contributed by atoms with Crippen molar-refractivity contribution in [2.75, 3.05) is 48.3 Å². The summed E-state index contributed by atoms with van der Waals surface area (Å²) in [6, 6.07) is 19.2. The van der Waals surface area contributed by atoms with Crippen molar-refractivity contribution in [1.82, 2.24) is 4.90 Å². The van der Waals surface area contributed by atoms with E-state index in [2.05, 4.69) is 27.7 Å². The number of hydrogen-bond donors (Lipinski definition) is 2. The van der Waals surface area contributed by atoms with Crippen molar-refractivity contribution >= 4 is 46.2 Å². The number of halogens is 1. The van der Waals surface area contributed by atoms with E-state index in [0.29, 0.717) is 29.3 Å². The Balaban J connectivity index is 1.17. The molecule has 0 radical (unpaired) electrons. The number of benzene rings is 3. The highest BCUT2D eigenvalue weighted by atomic mass is 35.5. The van der Waals surface area contributed by atoms with Gasteiger partial charge in [0, 0.05) is 50.2 Å². The van der Waals surface area contributed by atoms with Gasteiger partial charge >= 0.3 is 0 Å². The van der Waals surface area contributed by atoms with Crippen LogP contribution in [0.2, 0.25) is 5.02 Å². The van der Waals surface area contributed by atoms with E-state index in [1.54, 1.807) is 25.1 Å². The van der Waals surface area contributed by atoms with Crippen LogP contribution in [0.4, 0.5) is 22.7 Å². The zero-order valence-corrected chi connectivity index (χ0v) is 20.3. The van der Waals surface area contributed by atoms with Crippen molar-refractivity contribution in [1.29, 1.82) is 0 Å². The van der Waals surface area contributed by atoms with Crippen LogP contribution < -0.4 is 20.3 Å². The molecular weight excluding hydrogens is 464 g/mol. The smallest absolute Gasteiger partial charge is 0.257 e. The Morgan fingerprint density at radius 2 is 1.69 bits per heavy atom. The molecule has 0 aliphatic carbocycles. The molecule has 3 aromatic rings. The van der Waals surface area contributed by atoms with Gasteiger partial charge in [0.05, 0.1) is 29.2 Å². The molecule has 7 nitrogen and oxygen atoms in total. The maximum absolute atomic E-state index is 12.6. The molecule has 2 N–H and O–H groups in total. The Morgan fingerprint density at radius 1 is 0.914 bits per heavy atom. The van der Waals surface area contributed by atoms with Crippen LogP contribution in [0.3, 0.4) is 0 Å². The molecule has 0 saturated carbocycles. The van der Waals surface area contributed by atoms with Gasteiger partial charge in [-0.25, -0.2) is 0 Å². The van der Waals surface area contributed by atoms with Gasteiger partial charge < -0.3 is 25.2 Å². The predicted molar refractivity (Wildman–Crippen MR) is 139 cm³/mol. The van der Waals surface area contributed by atoms with E-state index in [-0.39, 0.29) is 11.8 Å². The number of nitrogens with zero attached hydrogens (tertiary/aromatic N) is 2. The molecule has 5 rings (SSSR count). The molecule has 0 unspecified atom stereocenters. The van der Waals surface area contributed by atoms with Crippen molar-refractivity contribution in [2.24, 2.45) is 0 Å². The van der Waals surface area contributed by atoms with Gasteiger partial charge in [-0.05, 0) is 60.2 Å². The van der Waals surface area contributed by atoms with Crippen molar-refractivity contribution in [3.8, 4) is 5.75 Å². The zero-order valence-electron chi connectivity index (χ0n) is 19.5. The standard InChI is InChI=1S/C27H27ClN4O3/c1-18(33)31-11-13-32(14-12-31)21-4-6-22(7-5-21)35-15-10-19-2-9-24-26(16-19)30-27(34)23-8-3-20(28)17-25(23)29-24/h2-9,16-17,29H,10-15H2,1H3,(H,30,34). The predicted octanol–water partition coefficient (Wildman–Crippen LogP) is 4.94. The van der Waals surface area contributed by atoms with Crippen LogP contribution in [-0.2, 0) is 11.2 Å². The summed E-state index contributed by atoms with van der Waals surface area (Å²) in [5.74, 6) is 0.781. The summed E-state index contributed by atoms with van der Waals surface area (Å²) in [5.41, 5.74) is 5.00. The lowest BCUT2D eigenvalue weighted by Gasteiger charge is -2.35. The molecule has 0 bridgehead atoms. The first-order valence-electron chi connectivity index (χ1n) is 11.7. The average molecular weight is 491 g/mol. The number of piperazine rings is 1. The molecule has 2 heterocycles. The molecule has 3 aromatic carbocycles. The number of fused-ring (bicyclic) bond motifs is 2. The quantitative estimate of drug-likeness (QED) is 0.530. The minimum absolute atomic E-state index is 0.136. The molecule has 180 valence electrons. The molecular formula is C27H27ClN4O3. The van der Waals surface area contributed by atoms with Gasteiger partial charge in [-0.1, -0.05) is 17.7 Å². The summed E-state index contributed by atoms with van der Waals surface area (Å²) in [7, 11) is 0. The van der Waals surface area contributed by atoms with Crippen LogP contribution in [0, 0.1) is 0 Å². The van der Waals surface area contributed by atoms with Crippen LogP contribution in [0.1, 0.15) is 22.8 Å². The van der Waals surface area contributed by atoms with Gasteiger partial charge in [0.15, 0.2) is 0 Å². The lowest BCUT2D eigenvalue weighted by atomic mass is 10.1. The zero-order chi connectivity index (χ0) is 24.4. The summed E-state index contributed by atoms with van der Waals surface area (Å²) in [6.45, 7) is 5.32. The Hall–Kier alpha value is -3.71. The molecule has 2 aliphatic heterocycles. The molecule has 8 heteroatoms. The van der Waals surface area contributed by atoms with Crippen molar-refractivity contribution < 1.29 is 14.3 Å². The van der Waals surface area contributed by atoms with E-state index in [4.69, 9.17) is 16.3 Å². The largest absolute Gasteiger partial charge is 0.493 e. The second-order valence-corrected chi connectivity index (χ2v) is 9.17. The Bertz CT molecular complexity index is 1250. The number of nitrogens with one attached hydrogen (secondary N) is 2. The van der Waals surface area contributed by atoms with E-state index in [1.807, 2.05) is 35.2 Å². The highest BCUT2D eigenvalue weighted by Gasteiger charge is 2.20. The maximum Gasteiger partial charge on any atom is 0.257 e. The fraction of sp³-hybridized carbons (Fsp3) is 0.259. The van der Waals surface area contributed by atoms with Crippen LogP contribution in [0.5, 0.6) is 5.75 Å². The highest BCUT2D eigenvalue weighted by Crippen LogP contribution is 2.34. The lowest BCUT2D eigenvalue weighted by molar-refractivity contribution is -0.129. The summed E-state index contributed by atoms with van der Waals surface area (Å²) in [5, 5.41) is 6.86. The Labute approximate surface area is 209 Å². The van der Waals surface area contributed by atoms with Crippen LogP contribution in [0.15, 0.2) is 60.7 Å². The number of ether oxygens (including phenoxy) is 1. The fourth-order valence-corrected chi connectivity index (χ4v) is 4.60. The second-order valence-electron chi connectivity index (χ2n) is 8.73. The average Bonchev–Trinajstić information content (AvgIpc) is 2.99. The number of rotatable bonds is 5. The summed E-state index contributed by atoms with van der Waals surface area (Å²) < 4.78 is 5.97. The topological polar surface area (TPSA) is 73.9 Å². The number of carbonyl (C=O) groups is 2. The highest BCUT2D eigenvalue weighted by molar-refractivity contribution is 6.31. The molecule has 1 saturated heterocycles. The fourth-order valence-electron chi connectivity index (χ4n) is 4.43. The molecule has 1 fully saturated rings. The number of carbonyl (C=O) groups excluding carboxylic acids is 2. The van der Waals surface area contributed by atoms with Gasteiger partial charge in [-0.2, -0.15) is 0 Å². The summed E-state index contributed by atoms with van der Waals surface area (Å²) in [4.78, 5) is 28.3. The van der Waals surface area contributed by atoms with E-state index in [0.717, 1.165) is 54.6 Å². The first-order chi connectivity index (χ1) is 17.0. The summed E-state index contributed by atoms with van der Waals surface area (Å²) >= 11 is 6.10. The van der Waals surface area contributed by atoms with Gasteiger partial charge in [0.1, 0.15) is 5.75 Å². The van der Waals surface area contributed by atoms with Crippen molar-refractivity contribution in [3.63, 3.8) is 0 Å². The first kappa shape index (κ1) is 23.1. The molecule has 0 spiro atoms. The monoisotopic (exact) mass is 490 g/mol. The third-order valence-corrected chi connectivity index (χ3v) is 6.65. The summed E-state index contributed by atoms with van der Waals surface area (Å²) in [6.07, 6.45) is 0.705. The van der Waals surface area contributed by atoms with Gasteiger partial charge in [0.25, 0.3) is 5.91 Å².